The van der Waals surface area contributed by atoms with Crippen LogP contribution in [0.25, 0.3) is 11.4 Å². The maximum Gasteiger partial charge on any atom is 0.272 e. The fourth-order valence-electron chi connectivity index (χ4n) is 2.96. The van der Waals surface area contributed by atoms with Crippen molar-refractivity contribution in [1.29, 1.82) is 0 Å². The number of pyridine rings is 1. The third-order valence-electron chi connectivity index (χ3n) is 4.20. The van der Waals surface area contributed by atoms with Crippen LogP contribution < -0.4 is 15.8 Å². The molecule has 6 nitrogen and oxygen atoms in total. The predicted molar refractivity (Wildman–Crippen MR) is 80.6 cm³/mol. The van der Waals surface area contributed by atoms with E-state index in [1.165, 1.54) is 12.3 Å². The molecule has 4 rings (SSSR count). The first-order chi connectivity index (χ1) is 10.6. The summed E-state index contributed by atoms with van der Waals surface area (Å²) in [5.41, 5.74) is 0.325. The van der Waals surface area contributed by atoms with Gasteiger partial charge in [0.15, 0.2) is 5.82 Å². The van der Waals surface area contributed by atoms with E-state index in [2.05, 4.69) is 20.3 Å². The van der Waals surface area contributed by atoms with Gasteiger partial charge in [0.2, 0.25) is 5.95 Å². The lowest BCUT2D eigenvalue weighted by Gasteiger charge is -2.56. The fraction of sp³-hybridized carbons (Fsp3) is 0.357. The number of nitrogens with zero attached hydrogens (tertiary/aromatic N) is 3. The van der Waals surface area contributed by atoms with Crippen molar-refractivity contribution in [3.05, 3.63) is 39.7 Å². The largest absolute Gasteiger partial charge is 0.354 e. The predicted octanol–water partition coefficient (Wildman–Crippen LogP) is 1.03. The van der Waals surface area contributed by atoms with Crippen LogP contribution in [-0.4, -0.2) is 41.1 Å². The SMILES string of the molecule is O=c1[nH]c(-c2ccnc(F)c2)nc(N2CC3(CNC3)C2)c1Cl. The molecule has 2 N–H and O–H groups in total. The zero-order valence-corrected chi connectivity index (χ0v) is 12.3. The van der Waals surface area contributed by atoms with Gasteiger partial charge in [-0.1, -0.05) is 11.6 Å². The first-order valence-electron chi connectivity index (χ1n) is 6.94. The quantitative estimate of drug-likeness (QED) is 0.808. The summed E-state index contributed by atoms with van der Waals surface area (Å²) < 4.78 is 13.2. The molecule has 2 saturated heterocycles. The van der Waals surface area contributed by atoms with Crippen molar-refractivity contribution in [1.82, 2.24) is 20.3 Å². The molecule has 8 heteroatoms. The normalized spacial score (nSPS) is 18.9. The van der Waals surface area contributed by atoms with E-state index in [9.17, 15) is 9.18 Å². The fourth-order valence-corrected chi connectivity index (χ4v) is 3.17. The van der Waals surface area contributed by atoms with Gasteiger partial charge in [-0.3, -0.25) is 4.79 Å². The molecule has 0 atom stereocenters. The van der Waals surface area contributed by atoms with Crippen molar-refractivity contribution in [3.8, 4) is 11.4 Å². The van der Waals surface area contributed by atoms with Gasteiger partial charge >= 0.3 is 0 Å². The molecule has 0 aromatic carbocycles. The van der Waals surface area contributed by atoms with Crippen molar-refractivity contribution in [2.24, 2.45) is 5.41 Å². The van der Waals surface area contributed by atoms with Crippen LogP contribution in [0.2, 0.25) is 5.02 Å². The van der Waals surface area contributed by atoms with Crippen LogP contribution in [0.4, 0.5) is 10.2 Å². The first kappa shape index (κ1) is 13.7. The van der Waals surface area contributed by atoms with Gasteiger partial charge in [0.05, 0.1) is 0 Å². The highest BCUT2D eigenvalue weighted by Gasteiger charge is 2.48. The second-order valence-electron chi connectivity index (χ2n) is 5.88. The highest BCUT2D eigenvalue weighted by molar-refractivity contribution is 6.32. The monoisotopic (exact) mass is 321 g/mol. The van der Waals surface area contributed by atoms with E-state index < -0.39 is 11.5 Å². The number of rotatable bonds is 2. The van der Waals surface area contributed by atoms with Gasteiger partial charge < -0.3 is 15.2 Å². The minimum absolute atomic E-state index is 0.0698. The minimum atomic E-state index is -0.625. The average molecular weight is 322 g/mol. The molecule has 0 saturated carbocycles. The zero-order chi connectivity index (χ0) is 15.3. The van der Waals surface area contributed by atoms with E-state index >= 15 is 0 Å². The summed E-state index contributed by atoms with van der Waals surface area (Å²) in [7, 11) is 0. The van der Waals surface area contributed by atoms with Gasteiger partial charge in [0, 0.05) is 49.4 Å². The van der Waals surface area contributed by atoms with Gasteiger partial charge in [-0.05, 0) is 6.07 Å². The molecule has 2 aliphatic rings. The van der Waals surface area contributed by atoms with Gasteiger partial charge in [0.1, 0.15) is 10.8 Å². The Labute approximate surface area is 130 Å². The topological polar surface area (TPSA) is 73.9 Å². The van der Waals surface area contributed by atoms with Crippen molar-refractivity contribution < 1.29 is 4.39 Å². The number of aromatic amines is 1. The summed E-state index contributed by atoms with van der Waals surface area (Å²) in [5, 5.41) is 3.32. The Bertz CT molecular complexity index is 796. The van der Waals surface area contributed by atoms with Crippen LogP contribution >= 0.6 is 11.6 Å². The molecular formula is C14H13ClFN5O. The van der Waals surface area contributed by atoms with Crippen molar-refractivity contribution >= 4 is 17.4 Å². The maximum atomic E-state index is 13.2. The summed E-state index contributed by atoms with van der Waals surface area (Å²) in [6, 6.07) is 2.82. The van der Waals surface area contributed by atoms with Crippen LogP contribution in [0.5, 0.6) is 0 Å². The molecule has 2 aliphatic heterocycles. The van der Waals surface area contributed by atoms with Crippen LogP contribution in [0.3, 0.4) is 0 Å². The number of hydrogen-bond donors (Lipinski definition) is 2. The number of aromatic nitrogens is 3. The van der Waals surface area contributed by atoms with Gasteiger partial charge in [-0.15, -0.1) is 0 Å². The lowest BCUT2D eigenvalue weighted by atomic mass is 9.74. The molecule has 0 bridgehead atoms. The summed E-state index contributed by atoms with van der Waals surface area (Å²) in [5.74, 6) is 0.119. The standard InChI is InChI=1S/C14H13ClFN5O/c15-10-12(21-6-14(7-21)4-17-5-14)19-11(20-13(10)22)8-1-2-18-9(16)3-8/h1-3,17H,4-7H2,(H,19,20,22). The molecule has 0 radical (unpaired) electrons. The van der Waals surface area contributed by atoms with E-state index in [-0.39, 0.29) is 10.4 Å². The lowest BCUT2D eigenvalue weighted by molar-refractivity contribution is 0.120. The summed E-state index contributed by atoms with van der Waals surface area (Å²) in [6.07, 6.45) is 1.33. The van der Waals surface area contributed by atoms with Crippen LogP contribution in [0.15, 0.2) is 23.1 Å². The second kappa shape index (κ2) is 4.76. The summed E-state index contributed by atoms with van der Waals surface area (Å²) in [4.78, 5) is 24.5. The average Bonchev–Trinajstić information content (AvgIpc) is 2.40. The number of H-pyrrole nitrogens is 1. The van der Waals surface area contributed by atoms with Crippen molar-refractivity contribution in [3.63, 3.8) is 0 Å². The van der Waals surface area contributed by atoms with Gasteiger partial charge in [-0.2, -0.15) is 4.39 Å². The molecular weight excluding hydrogens is 309 g/mol. The Balaban J connectivity index is 1.71. The van der Waals surface area contributed by atoms with E-state index in [0.717, 1.165) is 26.2 Å². The van der Waals surface area contributed by atoms with Crippen LogP contribution in [0, 0.1) is 11.4 Å². The third-order valence-corrected chi connectivity index (χ3v) is 4.54. The molecule has 2 fully saturated rings. The summed E-state index contributed by atoms with van der Waals surface area (Å²) in [6.45, 7) is 3.60. The van der Waals surface area contributed by atoms with E-state index in [1.807, 2.05) is 4.90 Å². The van der Waals surface area contributed by atoms with Gasteiger partial charge in [0.25, 0.3) is 5.56 Å². The van der Waals surface area contributed by atoms with Crippen molar-refractivity contribution in [2.45, 2.75) is 0 Å². The highest BCUT2D eigenvalue weighted by atomic mass is 35.5. The molecule has 2 aromatic heterocycles. The van der Waals surface area contributed by atoms with Gasteiger partial charge in [-0.25, -0.2) is 9.97 Å². The Kier molecular flexibility index (Phi) is 2.95. The molecule has 114 valence electrons. The highest BCUT2D eigenvalue weighted by Crippen LogP contribution is 2.38. The Morgan fingerprint density at radius 1 is 1.36 bits per heavy atom. The number of hydrogen-bond acceptors (Lipinski definition) is 5. The number of anilines is 1. The summed E-state index contributed by atoms with van der Waals surface area (Å²) >= 11 is 6.10. The molecule has 4 heterocycles. The molecule has 0 aliphatic carbocycles. The van der Waals surface area contributed by atoms with E-state index in [4.69, 9.17) is 11.6 Å². The first-order valence-corrected chi connectivity index (χ1v) is 7.32. The number of halogens is 2. The smallest absolute Gasteiger partial charge is 0.272 e. The Hall–Kier alpha value is -1.99. The van der Waals surface area contributed by atoms with Crippen LogP contribution in [-0.2, 0) is 0 Å². The van der Waals surface area contributed by atoms with E-state index in [1.54, 1.807) is 6.07 Å². The Morgan fingerprint density at radius 3 is 2.77 bits per heavy atom. The number of nitrogens with one attached hydrogen (secondary N) is 2. The second-order valence-corrected chi connectivity index (χ2v) is 6.26. The molecule has 22 heavy (non-hydrogen) atoms. The van der Waals surface area contributed by atoms with Crippen LogP contribution in [0.1, 0.15) is 0 Å². The molecule has 2 aromatic rings. The minimum Gasteiger partial charge on any atom is -0.354 e. The zero-order valence-electron chi connectivity index (χ0n) is 11.6. The van der Waals surface area contributed by atoms with E-state index in [0.29, 0.717) is 17.2 Å². The Morgan fingerprint density at radius 2 is 2.14 bits per heavy atom. The molecule has 0 unspecified atom stereocenters. The molecule has 0 amide bonds. The lowest BCUT2D eigenvalue weighted by Crippen LogP contribution is -2.71. The van der Waals surface area contributed by atoms with Crippen molar-refractivity contribution in [2.75, 3.05) is 31.1 Å². The molecule has 1 spiro atoms. The maximum absolute atomic E-state index is 13.2. The third kappa shape index (κ3) is 2.08.